The number of rotatable bonds is 2. The zero-order chi connectivity index (χ0) is 12.5. The van der Waals surface area contributed by atoms with Crippen molar-refractivity contribution in [3.63, 3.8) is 0 Å². The van der Waals surface area contributed by atoms with Gasteiger partial charge in [-0.2, -0.15) is 0 Å². The highest BCUT2D eigenvalue weighted by Gasteiger charge is 2.20. The molecule has 1 aromatic heterocycles. The van der Waals surface area contributed by atoms with E-state index in [1.807, 2.05) is 18.2 Å². The van der Waals surface area contributed by atoms with Crippen molar-refractivity contribution in [2.24, 2.45) is 0 Å². The maximum Gasteiger partial charge on any atom is 0.169 e. The molecule has 4 nitrogen and oxygen atoms in total. The van der Waals surface area contributed by atoms with Gasteiger partial charge in [0.25, 0.3) is 0 Å². The second-order valence-electron chi connectivity index (χ2n) is 4.41. The van der Waals surface area contributed by atoms with E-state index in [-0.39, 0.29) is 0 Å². The number of anilines is 1. The first-order valence-electron chi connectivity index (χ1n) is 5.84. The van der Waals surface area contributed by atoms with Crippen molar-refractivity contribution in [3.05, 3.63) is 34.9 Å². The molecule has 18 heavy (non-hydrogen) atoms. The topological polar surface area (TPSA) is 61.3 Å². The zero-order valence-electron chi connectivity index (χ0n) is 9.73. The maximum atomic E-state index is 6.32. The summed E-state index contributed by atoms with van der Waals surface area (Å²) in [5.41, 5.74) is 7.54. The molecule has 1 saturated heterocycles. The van der Waals surface area contributed by atoms with Gasteiger partial charge in [-0.25, -0.2) is 0 Å². The minimum absolute atomic E-state index is 0.370. The third-order valence-electron chi connectivity index (χ3n) is 3.18. The van der Waals surface area contributed by atoms with Gasteiger partial charge >= 0.3 is 0 Å². The van der Waals surface area contributed by atoms with E-state index in [4.69, 9.17) is 26.6 Å². The first-order chi connectivity index (χ1) is 8.74. The molecule has 2 heterocycles. The Morgan fingerprint density at radius 1 is 1.33 bits per heavy atom. The van der Waals surface area contributed by atoms with Crippen LogP contribution in [0.1, 0.15) is 17.9 Å². The lowest BCUT2D eigenvalue weighted by atomic mass is 9.97. The van der Waals surface area contributed by atoms with E-state index in [1.54, 1.807) is 6.07 Å². The predicted octanol–water partition coefficient (Wildman–Crippen LogP) is 3.08. The molecule has 2 N–H and O–H groups in total. The van der Waals surface area contributed by atoms with Crippen LogP contribution >= 0.6 is 11.6 Å². The fourth-order valence-corrected chi connectivity index (χ4v) is 2.55. The molecule has 0 amide bonds. The molecular formula is C13H13ClN2O2. The van der Waals surface area contributed by atoms with Crippen molar-refractivity contribution >= 4 is 17.4 Å². The normalized spacial score (nSPS) is 19.3. The van der Waals surface area contributed by atoms with Crippen molar-refractivity contribution in [1.82, 2.24) is 5.16 Å². The number of hydrogen-bond acceptors (Lipinski definition) is 4. The van der Waals surface area contributed by atoms with E-state index in [0.29, 0.717) is 17.5 Å². The molecule has 1 aliphatic rings. The molecule has 3 rings (SSSR count). The number of nitrogens with zero attached hydrogens (tertiary/aromatic N) is 1. The molecule has 1 aromatic carbocycles. The Hall–Kier alpha value is -1.52. The van der Waals surface area contributed by atoms with Gasteiger partial charge in [-0.05, 0) is 18.1 Å². The molecule has 0 radical (unpaired) electrons. The first kappa shape index (κ1) is 11.6. The summed E-state index contributed by atoms with van der Waals surface area (Å²) >= 11 is 6.32. The number of ether oxygens (including phenoxy) is 1. The molecular weight excluding hydrogens is 252 g/mol. The van der Waals surface area contributed by atoms with Crippen LogP contribution < -0.4 is 5.73 Å². The Morgan fingerprint density at radius 2 is 2.22 bits per heavy atom. The second kappa shape index (κ2) is 4.63. The van der Waals surface area contributed by atoms with E-state index < -0.39 is 0 Å². The Bertz CT molecular complexity index is 562. The van der Waals surface area contributed by atoms with Crippen molar-refractivity contribution < 1.29 is 9.26 Å². The molecule has 1 unspecified atom stereocenters. The minimum Gasteiger partial charge on any atom is -0.381 e. The number of halogens is 1. The van der Waals surface area contributed by atoms with Gasteiger partial charge in [0.15, 0.2) is 11.6 Å². The van der Waals surface area contributed by atoms with Gasteiger partial charge in [0.05, 0.1) is 6.61 Å². The van der Waals surface area contributed by atoms with E-state index in [1.165, 1.54) is 0 Å². The third-order valence-corrected chi connectivity index (χ3v) is 3.51. The quantitative estimate of drug-likeness (QED) is 0.905. The SMILES string of the molecule is Nc1cc(-c2ccc(C3CCOC3)c(Cl)c2)on1. The average molecular weight is 265 g/mol. The molecule has 0 bridgehead atoms. The number of nitrogens with two attached hydrogens (primary N) is 1. The second-order valence-corrected chi connectivity index (χ2v) is 4.82. The molecule has 94 valence electrons. The molecule has 0 saturated carbocycles. The van der Waals surface area contributed by atoms with Crippen molar-refractivity contribution in [2.75, 3.05) is 18.9 Å². The van der Waals surface area contributed by atoms with E-state index in [2.05, 4.69) is 5.16 Å². The summed E-state index contributed by atoms with van der Waals surface area (Å²) in [6, 6.07) is 7.56. The Labute approximate surface area is 110 Å². The summed E-state index contributed by atoms with van der Waals surface area (Å²) in [6.07, 6.45) is 1.02. The van der Waals surface area contributed by atoms with Gasteiger partial charge in [0.1, 0.15) is 0 Å². The van der Waals surface area contributed by atoms with Gasteiger partial charge in [-0.1, -0.05) is 28.9 Å². The summed E-state index contributed by atoms with van der Waals surface area (Å²) in [5, 5.41) is 4.40. The van der Waals surface area contributed by atoms with Gasteiger partial charge in [0.2, 0.25) is 0 Å². The number of aromatic nitrogens is 1. The summed E-state index contributed by atoms with van der Waals surface area (Å²) in [5.74, 6) is 1.39. The molecule has 1 aliphatic heterocycles. The fraction of sp³-hybridized carbons (Fsp3) is 0.308. The van der Waals surface area contributed by atoms with Crippen LogP contribution in [0.4, 0.5) is 5.82 Å². The van der Waals surface area contributed by atoms with Crippen LogP contribution in [0.25, 0.3) is 11.3 Å². The van der Waals surface area contributed by atoms with Crippen LogP contribution in [0.3, 0.4) is 0 Å². The highest BCUT2D eigenvalue weighted by Crippen LogP contribution is 2.34. The van der Waals surface area contributed by atoms with Gasteiger partial charge in [0, 0.05) is 29.2 Å². The minimum atomic E-state index is 0.370. The summed E-state index contributed by atoms with van der Waals surface area (Å²) in [7, 11) is 0. The van der Waals surface area contributed by atoms with Crippen LogP contribution in [0.2, 0.25) is 5.02 Å². The van der Waals surface area contributed by atoms with E-state index in [9.17, 15) is 0 Å². The van der Waals surface area contributed by atoms with Crippen LogP contribution in [0.5, 0.6) is 0 Å². The molecule has 5 heteroatoms. The van der Waals surface area contributed by atoms with Crippen molar-refractivity contribution in [2.45, 2.75) is 12.3 Å². The lowest BCUT2D eigenvalue weighted by molar-refractivity contribution is 0.194. The number of benzene rings is 1. The van der Waals surface area contributed by atoms with Crippen molar-refractivity contribution in [1.29, 1.82) is 0 Å². The monoisotopic (exact) mass is 264 g/mol. The van der Waals surface area contributed by atoms with Crippen LogP contribution in [-0.2, 0) is 4.74 Å². The molecule has 0 spiro atoms. The summed E-state index contributed by atoms with van der Waals surface area (Å²) in [6.45, 7) is 1.55. The first-order valence-corrected chi connectivity index (χ1v) is 6.21. The van der Waals surface area contributed by atoms with Crippen molar-refractivity contribution in [3.8, 4) is 11.3 Å². The standard InChI is InChI=1S/C13H13ClN2O2/c14-11-5-8(12-6-13(15)16-18-12)1-2-10(11)9-3-4-17-7-9/h1-2,5-6,9H,3-4,7H2,(H2,15,16). The smallest absolute Gasteiger partial charge is 0.169 e. The van der Waals surface area contributed by atoms with E-state index >= 15 is 0 Å². The molecule has 0 aliphatic carbocycles. The van der Waals surface area contributed by atoms with Gasteiger partial charge < -0.3 is 15.0 Å². The lowest BCUT2D eigenvalue weighted by Crippen LogP contribution is -1.98. The van der Waals surface area contributed by atoms with E-state index in [0.717, 1.165) is 35.8 Å². The largest absolute Gasteiger partial charge is 0.381 e. The molecule has 2 aromatic rings. The van der Waals surface area contributed by atoms with Crippen LogP contribution in [0.15, 0.2) is 28.8 Å². The van der Waals surface area contributed by atoms with Gasteiger partial charge in [-0.3, -0.25) is 0 Å². The van der Waals surface area contributed by atoms with Crippen LogP contribution in [-0.4, -0.2) is 18.4 Å². The lowest BCUT2D eigenvalue weighted by Gasteiger charge is -2.10. The highest BCUT2D eigenvalue weighted by atomic mass is 35.5. The maximum absolute atomic E-state index is 6.32. The van der Waals surface area contributed by atoms with Crippen LogP contribution in [0, 0.1) is 0 Å². The summed E-state index contributed by atoms with van der Waals surface area (Å²) < 4.78 is 10.5. The molecule has 1 fully saturated rings. The predicted molar refractivity (Wildman–Crippen MR) is 69.5 cm³/mol. The third kappa shape index (κ3) is 2.09. The Kier molecular flexibility index (Phi) is 2.97. The Morgan fingerprint density at radius 3 is 2.83 bits per heavy atom. The fourth-order valence-electron chi connectivity index (χ4n) is 2.22. The highest BCUT2D eigenvalue weighted by molar-refractivity contribution is 6.31. The summed E-state index contributed by atoms with van der Waals surface area (Å²) in [4.78, 5) is 0. The average Bonchev–Trinajstić information content (AvgIpc) is 2.99. The number of nitrogen functional groups attached to an aromatic ring is 1. The number of hydrogen-bond donors (Lipinski definition) is 1. The zero-order valence-corrected chi connectivity index (χ0v) is 10.5. The molecule has 1 atom stereocenters. The van der Waals surface area contributed by atoms with Gasteiger partial charge in [-0.15, -0.1) is 0 Å². The Balaban J connectivity index is 1.93.